The lowest BCUT2D eigenvalue weighted by Gasteiger charge is -2.07. The fourth-order valence-corrected chi connectivity index (χ4v) is 2.57. The summed E-state index contributed by atoms with van der Waals surface area (Å²) in [6.07, 6.45) is 3.33. The van der Waals surface area contributed by atoms with Crippen molar-refractivity contribution in [2.75, 3.05) is 5.32 Å². The molecule has 23 heavy (non-hydrogen) atoms. The fraction of sp³-hybridized carbons (Fsp3) is 0. The molecule has 116 valence electrons. The highest BCUT2D eigenvalue weighted by Crippen LogP contribution is 2.19. The molecule has 8 heteroatoms. The number of nitrogens with one attached hydrogen (secondary N) is 3. The summed E-state index contributed by atoms with van der Waals surface area (Å²) in [4.78, 5) is 0. The van der Waals surface area contributed by atoms with Crippen LogP contribution in [-0.2, 0) is 0 Å². The Kier molecular flexibility index (Phi) is 4.76. The van der Waals surface area contributed by atoms with Crippen molar-refractivity contribution < 1.29 is 0 Å². The van der Waals surface area contributed by atoms with Gasteiger partial charge in [-0.05, 0) is 42.5 Å². The number of benzene rings is 2. The summed E-state index contributed by atoms with van der Waals surface area (Å²) in [5, 5.41) is 16.5. The van der Waals surface area contributed by atoms with E-state index in [1.807, 2.05) is 18.2 Å². The smallest absolute Gasteiger partial charge is 0.191 e. The van der Waals surface area contributed by atoms with E-state index < -0.39 is 0 Å². The summed E-state index contributed by atoms with van der Waals surface area (Å²) in [7, 11) is 0. The Balaban J connectivity index is 1.61. The van der Waals surface area contributed by atoms with Gasteiger partial charge in [0.05, 0.1) is 23.0 Å². The lowest BCUT2D eigenvalue weighted by molar-refractivity contribution is 1.05. The van der Waals surface area contributed by atoms with E-state index in [0.29, 0.717) is 15.2 Å². The Labute approximate surface area is 147 Å². The second-order valence-electron chi connectivity index (χ2n) is 4.66. The van der Waals surface area contributed by atoms with Gasteiger partial charge in [0.15, 0.2) is 5.11 Å². The van der Waals surface area contributed by atoms with E-state index in [1.54, 1.807) is 30.6 Å². The topological polar surface area (TPSA) is 65.1 Å². The van der Waals surface area contributed by atoms with Crippen molar-refractivity contribution >= 4 is 63.3 Å². The van der Waals surface area contributed by atoms with Crippen molar-refractivity contribution in [2.24, 2.45) is 5.10 Å². The number of nitrogens with zero attached hydrogens (tertiary/aromatic N) is 2. The number of aromatic nitrogens is 2. The van der Waals surface area contributed by atoms with Gasteiger partial charge in [-0.2, -0.15) is 10.2 Å². The summed E-state index contributed by atoms with van der Waals surface area (Å²) in [5.74, 6) is 0. The Bertz CT molecular complexity index is 890. The van der Waals surface area contributed by atoms with Crippen molar-refractivity contribution in [3.8, 4) is 0 Å². The molecule has 0 unspecified atom stereocenters. The summed E-state index contributed by atoms with van der Waals surface area (Å²) in [6, 6.07) is 10.9. The van der Waals surface area contributed by atoms with Gasteiger partial charge in [0.1, 0.15) is 0 Å². The normalized spacial score (nSPS) is 11.0. The van der Waals surface area contributed by atoms with Gasteiger partial charge in [-0.25, -0.2) is 0 Å². The first-order valence-corrected chi connectivity index (χ1v) is 7.76. The van der Waals surface area contributed by atoms with E-state index in [-0.39, 0.29) is 0 Å². The quantitative estimate of drug-likeness (QED) is 0.370. The second-order valence-corrected chi connectivity index (χ2v) is 5.91. The number of fused-ring (bicyclic) bond motifs is 1. The molecule has 0 amide bonds. The first-order chi connectivity index (χ1) is 11.1. The van der Waals surface area contributed by atoms with Crippen LogP contribution in [0.2, 0.25) is 10.0 Å². The Morgan fingerprint density at radius 1 is 1.22 bits per heavy atom. The highest BCUT2D eigenvalue weighted by atomic mass is 35.5. The Morgan fingerprint density at radius 2 is 2.09 bits per heavy atom. The number of thiocarbonyl (C=S) groups is 1. The van der Waals surface area contributed by atoms with Gasteiger partial charge >= 0.3 is 0 Å². The standard InChI is InChI=1S/C15H11Cl2N5S/c16-11-3-1-9(13(17)5-11)7-19-22-15(23)20-12-4-2-10-8-18-21-14(10)6-12/h1-8H,(H,18,21)(H2,20,22,23)/b19-7+. The Morgan fingerprint density at radius 3 is 2.91 bits per heavy atom. The molecule has 0 aliphatic heterocycles. The molecule has 3 aromatic rings. The third-order valence-electron chi connectivity index (χ3n) is 3.03. The molecule has 0 atom stereocenters. The number of rotatable bonds is 3. The van der Waals surface area contributed by atoms with Gasteiger partial charge < -0.3 is 5.32 Å². The SMILES string of the molecule is S=C(N/N=C/c1ccc(Cl)cc1Cl)Nc1ccc2cn[nH]c2c1. The van der Waals surface area contributed by atoms with Crippen LogP contribution in [0.5, 0.6) is 0 Å². The van der Waals surface area contributed by atoms with Gasteiger partial charge in [-0.3, -0.25) is 10.5 Å². The van der Waals surface area contributed by atoms with Crippen LogP contribution in [0.4, 0.5) is 5.69 Å². The first-order valence-electron chi connectivity index (χ1n) is 6.60. The minimum absolute atomic E-state index is 0.366. The molecule has 3 N–H and O–H groups in total. The van der Waals surface area contributed by atoms with E-state index in [4.69, 9.17) is 35.4 Å². The van der Waals surface area contributed by atoms with E-state index in [1.165, 1.54) is 0 Å². The van der Waals surface area contributed by atoms with Gasteiger partial charge in [0, 0.05) is 21.7 Å². The number of hydrogen-bond acceptors (Lipinski definition) is 3. The van der Waals surface area contributed by atoms with Gasteiger partial charge in [-0.15, -0.1) is 0 Å². The van der Waals surface area contributed by atoms with E-state index in [0.717, 1.165) is 22.2 Å². The molecule has 3 rings (SSSR count). The van der Waals surface area contributed by atoms with Crippen LogP contribution >= 0.6 is 35.4 Å². The van der Waals surface area contributed by atoms with Gasteiger partial charge in [0.25, 0.3) is 0 Å². The predicted octanol–water partition coefficient (Wildman–Crippen LogP) is 4.19. The van der Waals surface area contributed by atoms with E-state index in [9.17, 15) is 0 Å². The van der Waals surface area contributed by atoms with Crippen molar-refractivity contribution in [3.05, 3.63) is 58.2 Å². The van der Waals surface area contributed by atoms with Crippen LogP contribution in [-0.4, -0.2) is 21.5 Å². The lowest BCUT2D eigenvalue weighted by Crippen LogP contribution is -2.23. The Hall–Kier alpha value is -2.15. The van der Waals surface area contributed by atoms with Crippen LogP contribution in [0.25, 0.3) is 10.9 Å². The number of H-pyrrole nitrogens is 1. The zero-order valence-corrected chi connectivity index (χ0v) is 14.0. The molecule has 1 aromatic heterocycles. The molecule has 0 fully saturated rings. The average Bonchev–Trinajstić information content (AvgIpc) is 2.97. The fourth-order valence-electron chi connectivity index (χ4n) is 1.94. The number of halogens is 2. The van der Waals surface area contributed by atoms with Crippen molar-refractivity contribution in [1.29, 1.82) is 0 Å². The maximum Gasteiger partial charge on any atom is 0.191 e. The van der Waals surface area contributed by atoms with Crippen molar-refractivity contribution in [3.63, 3.8) is 0 Å². The molecule has 0 aliphatic carbocycles. The molecule has 2 aromatic carbocycles. The molecule has 5 nitrogen and oxygen atoms in total. The van der Waals surface area contributed by atoms with Crippen LogP contribution in [0, 0.1) is 0 Å². The van der Waals surface area contributed by atoms with E-state index in [2.05, 4.69) is 26.0 Å². The lowest BCUT2D eigenvalue weighted by atomic mass is 10.2. The van der Waals surface area contributed by atoms with Gasteiger partial charge in [-0.1, -0.05) is 29.3 Å². The van der Waals surface area contributed by atoms with Crippen molar-refractivity contribution in [2.45, 2.75) is 0 Å². The largest absolute Gasteiger partial charge is 0.331 e. The molecule has 0 bridgehead atoms. The van der Waals surface area contributed by atoms with E-state index >= 15 is 0 Å². The zero-order chi connectivity index (χ0) is 16.2. The van der Waals surface area contributed by atoms with Crippen LogP contribution in [0.3, 0.4) is 0 Å². The predicted molar refractivity (Wildman–Crippen MR) is 99.5 cm³/mol. The average molecular weight is 364 g/mol. The molecular formula is C15H11Cl2N5S. The second kappa shape index (κ2) is 6.95. The van der Waals surface area contributed by atoms with Gasteiger partial charge in [0.2, 0.25) is 0 Å². The molecule has 0 spiro atoms. The number of hydrazone groups is 1. The third kappa shape index (κ3) is 3.98. The summed E-state index contributed by atoms with van der Waals surface area (Å²) < 4.78 is 0. The molecule has 0 saturated heterocycles. The van der Waals surface area contributed by atoms with Crippen molar-refractivity contribution in [1.82, 2.24) is 15.6 Å². The molecule has 0 saturated carbocycles. The number of hydrogen-bond donors (Lipinski definition) is 3. The minimum atomic E-state index is 0.366. The summed E-state index contributed by atoms with van der Waals surface area (Å²) >= 11 is 17.1. The first kappa shape index (κ1) is 15.7. The molecule has 0 aliphatic rings. The maximum absolute atomic E-state index is 6.06. The molecule has 1 heterocycles. The maximum atomic E-state index is 6.06. The van der Waals surface area contributed by atoms with Crippen LogP contribution in [0.15, 0.2) is 47.7 Å². The summed E-state index contributed by atoms with van der Waals surface area (Å²) in [6.45, 7) is 0. The number of anilines is 1. The molecule has 0 radical (unpaired) electrons. The number of aromatic amines is 1. The molecular weight excluding hydrogens is 353 g/mol. The third-order valence-corrected chi connectivity index (χ3v) is 3.79. The highest BCUT2D eigenvalue weighted by Gasteiger charge is 2.01. The highest BCUT2D eigenvalue weighted by molar-refractivity contribution is 7.80. The van der Waals surface area contributed by atoms with Crippen LogP contribution in [0.1, 0.15) is 5.56 Å². The zero-order valence-electron chi connectivity index (χ0n) is 11.7. The van der Waals surface area contributed by atoms with Crippen LogP contribution < -0.4 is 10.7 Å². The minimum Gasteiger partial charge on any atom is -0.331 e. The summed E-state index contributed by atoms with van der Waals surface area (Å²) in [5.41, 5.74) is 5.23. The monoisotopic (exact) mass is 363 g/mol.